The molecule has 1 amide bonds. The smallest absolute Gasteiger partial charge is 0.277 e. The minimum absolute atomic E-state index is 0.141. The number of amides is 1. The third-order valence-corrected chi connectivity index (χ3v) is 5.86. The summed E-state index contributed by atoms with van der Waals surface area (Å²) in [4.78, 5) is 34.4. The Morgan fingerprint density at radius 3 is 2.55 bits per heavy atom. The van der Waals surface area contributed by atoms with Crippen molar-refractivity contribution in [3.8, 4) is 0 Å². The van der Waals surface area contributed by atoms with Crippen molar-refractivity contribution in [1.82, 2.24) is 19.6 Å². The highest BCUT2D eigenvalue weighted by molar-refractivity contribution is 5.91. The molecule has 8 nitrogen and oxygen atoms in total. The molecule has 170 valence electrons. The highest BCUT2D eigenvalue weighted by atomic mass is 16.1. The van der Waals surface area contributed by atoms with Gasteiger partial charge in [0, 0.05) is 24.2 Å². The van der Waals surface area contributed by atoms with Gasteiger partial charge in [-0.3, -0.25) is 14.7 Å². The number of rotatable bonds is 7. The Balaban J connectivity index is 1.46. The number of hydrogen-bond donors (Lipinski definition) is 3. The van der Waals surface area contributed by atoms with Crippen molar-refractivity contribution >= 4 is 23.3 Å². The van der Waals surface area contributed by atoms with E-state index in [4.69, 9.17) is 0 Å². The van der Waals surface area contributed by atoms with Crippen LogP contribution in [0.3, 0.4) is 0 Å². The molecular formula is C25H28N6O2. The third-order valence-electron chi connectivity index (χ3n) is 5.86. The Labute approximate surface area is 192 Å². The van der Waals surface area contributed by atoms with Crippen molar-refractivity contribution in [2.24, 2.45) is 0 Å². The summed E-state index contributed by atoms with van der Waals surface area (Å²) in [6.07, 6.45) is 0.479. The van der Waals surface area contributed by atoms with Crippen molar-refractivity contribution < 1.29 is 4.79 Å². The molecule has 8 heteroatoms. The van der Waals surface area contributed by atoms with Crippen molar-refractivity contribution in [3.05, 3.63) is 86.3 Å². The SMILES string of the molecule is Cc1ccc(CNc2nc3nc(C)c(CCC(=O)Nc4cccc(C)c4C)c(=O)n3[nH]2)cc1. The number of benzene rings is 2. The van der Waals surface area contributed by atoms with Gasteiger partial charge in [0.2, 0.25) is 11.9 Å². The van der Waals surface area contributed by atoms with Crippen LogP contribution in [0, 0.1) is 27.7 Å². The zero-order valence-corrected chi connectivity index (χ0v) is 19.3. The summed E-state index contributed by atoms with van der Waals surface area (Å²) >= 11 is 0. The van der Waals surface area contributed by atoms with E-state index < -0.39 is 0 Å². The summed E-state index contributed by atoms with van der Waals surface area (Å²) in [5.74, 6) is 0.620. The molecule has 0 unspecified atom stereocenters. The van der Waals surface area contributed by atoms with Gasteiger partial charge < -0.3 is 10.6 Å². The Morgan fingerprint density at radius 1 is 1.03 bits per heavy atom. The van der Waals surface area contributed by atoms with E-state index in [9.17, 15) is 9.59 Å². The maximum absolute atomic E-state index is 13.0. The fourth-order valence-corrected chi connectivity index (χ4v) is 3.65. The molecule has 33 heavy (non-hydrogen) atoms. The zero-order chi connectivity index (χ0) is 23.5. The average Bonchev–Trinajstić information content (AvgIpc) is 3.19. The first-order valence-electron chi connectivity index (χ1n) is 11.0. The van der Waals surface area contributed by atoms with Crippen molar-refractivity contribution in [3.63, 3.8) is 0 Å². The lowest BCUT2D eigenvalue weighted by molar-refractivity contribution is -0.116. The molecule has 3 N–H and O–H groups in total. The molecular weight excluding hydrogens is 416 g/mol. The van der Waals surface area contributed by atoms with Gasteiger partial charge in [-0.2, -0.15) is 9.50 Å². The van der Waals surface area contributed by atoms with Crippen LogP contribution in [0.1, 0.15) is 39.9 Å². The molecule has 2 aromatic carbocycles. The summed E-state index contributed by atoms with van der Waals surface area (Å²) < 4.78 is 1.32. The number of hydrogen-bond acceptors (Lipinski definition) is 5. The molecule has 2 aromatic heterocycles. The van der Waals surface area contributed by atoms with Crippen LogP contribution in [0.5, 0.6) is 0 Å². The first-order chi connectivity index (χ1) is 15.8. The maximum atomic E-state index is 13.0. The second-order valence-electron chi connectivity index (χ2n) is 8.32. The van der Waals surface area contributed by atoms with Gasteiger partial charge in [0.15, 0.2) is 0 Å². The van der Waals surface area contributed by atoms with Crippen LogP contribution >= 0.6 is 0 Å². The quantitative estimate of drug-likeness (QED) is 0.402. The minimum Gasteiger partial charge on any atom is -0.351 e. The first-order valence-corrected chi connectivity index (χ1v) is 11.0. The molecule has 0 aliphatic carbocycles. The van der Waals surface area contributed by atoms with Gasteiger partial charge in [-0.15, -0.1) is 0 Å². The van der Waals surface area contributed by atoms with E-state index in [-0.39, 0.29) is 17.9 Å². The zero-order valence-electron chi connectivity index (χ0n) is 19.3. The van der Waals surface area contributed by atoms with E-state index in [1.807, 2.05) is 63.2 Å². The molecule has 4 aromatic rings. The Bertz CT molecular complexity index is 1370. The number of anilines is 2. The second-order valence-corrected chi connectivity index (χ2v) is 8.32. The van der Waals surface area contributed by atoms with Crippen molar-refractivity contribution in [2.75, 3.05) is 10.6 Å². The van der Waals surface area contributed by atoms with E-state index in [0.717, 1.165) is 22.4 Å². The number of fused-ring (bicyclic) bond motifs is 1. The Morgan fingerprint density at radius 2 is 1.79 bits per heavy atom. The van der Waals surface area contributed by atoms with Gasteiger partial charge in [-0.25, -0.2) is 4.98 Å². The Hall–Kier alpha value is -3.94. The van der Waals surface area contributed by atoms with Crippen molar-refractivity contribution in [2.45, 2.75) is 47.1 Å². The highest BCUT2D eigenvalue weighted by Gasteiger charge is 2.15. The van der Waals surface area contributed by atoms with Crippen LogP contribution in [0.15, 0.2) is 47.3 Å². The average molecular weight is 445 g/mol. The van der Waals surface area contributed by atoms with Crippen molar-refractivity contribution in [1.29, 1.82) is 0 Å². The predicted molar refractivity (Wildman–Crippen MR) is 130 cm³/mol. The lowest BCUT2D eigenvalue weighted by Crippen LogP contribution is -2.23. The van der Waals surface area contributed by atoms with Crippen LogP contribution in [0.4, 0.5) is 11.6 Å². The molecule has 0 radical (unpaired) electrons. The molecule has 4 rings (SSSR count). The number of aryl methyl sites for hydroxylation is 3. The lowest BCUT2D eigenvalue weighted by atomic mass is 10.1. The largest absolute Gasteiger partial charge is 0.351 e. The minimum atomic E-state index is -0.243. The van der Waals surface area contributed by atoms with E-state index >= 15 is 0 Å². The third kappa shape index (κ3) is 4.95. The molecule has 0 bridgehead atoms. The van der Waals surface area contributed by atoms with Gasteiger partial charge in [-0.05, 0) is 56.9 Å². The van der Waals surface area contributed by atoms with E-state index in [2.05, 4.69) is 25.7 Å². The highest BCUT2D eigenvalue weighted by Crippen LogP contribution is 2.18. The van der Waals surface area contributed by atoms with Crippen LogP contribution in [-0.2, 0) is 17.8 Å². The molecule has 0 saturated carbocycles. The maximum Gasteiger partial charge on any atom is 0.277 e. The van der Waals surface area contributed by atoms with Gasteiger partial charge in [0.1, 0.15) is 0 Å². The summed E-state index contributed by atoms with van der Waals surface area (Å²) in [5, 5.41) is 9.10. The molecule has 0 spiro atoms. The summed E-state index contributed by atoms with van der Waals surface area (Å²) in [5.41, 5.74) is 6.08. The second kappa shape index (κ2) is 9.28. The molecule has 2 heterocycles. The van der Waals surface area contributed by atoms with Gasteiger partial charge in [0.05, 0.1) is 5.69 Å². The van der Waals surface area contributed by atoms with E-state index in [1.54, 1.807) is 6.92 Å². The van der Waals surface area contributed by atoms with Crippen LogP contribution < -0.4 is 16.2 Å². The summed E-state index contributed by atoms with van der Waals surface area (Å²) in [6, 6.07) is 14.0. The van der Waals surface area contributed by atoms with Gasteiger partial charge >= 0.3 is 0 Å². The lowest BCUT2D eigenvalue weighted by Gasteiger charge is -2.10. The number of carbonyl (C=O) groups excluding carboxylic acids is 1. The van der Waals surface area contributed by atoms with Gasteiger partial charge in [-0.1, -0.05) is 42.0 Å². The molecule has 0 atom stereocenters. The van der Waals surface area contributed by atoms with E-state index in [0.29, 0.717) is 35.9 Å². The molecule has 0 aliphatic heterocycles. The normalized spacial score (nSPS) is 11.0. The summed E-state index contributed by atoms with van der Waals surface area (Å²) in [7, 11) is 0. The molecule has 0 fully saturated rings. The van der Waals surface area contributed by atoms with E-state index in [1.165, 1.54) is 10.1 Å². The number of aromatic amines is 1. The fraction of sp³-hybridized carbons (Fsp3) is 0.280. The van der Waals surface area contributed by atoms with Crippen LogP contribution in [-0.4, -0.2) is 25.5 Å². The predicted octanol–water partition coefficient (Wildman–Crippen LogP) is 3.83. The molecule has 0 aliphatic rings. The summed E-state index contributed by atoms with van der Waals surface area (Å²) in [6.45, 7) is 8.36. The Kier molecular flexibility index (Phi) is 6.26. The topological polar surface area (TPSA) is 104 Å². The van der Waals surface area contributed by atoms with Crippen LogP contribution in [0.2, 0.25) is 0 Å². The number of H-pyrrole nitrogens is 1. The fourth-order valence-electron chi connectivity index (χ4n) is 3.65. The van der Waals surface area contributed by atoms with Gasteiger partial charge in [0.25, 0.3) is 11.3 Å². The number of nitrogens with zero attached hydrogens (tertiary/aromatic N) is 3. The first kappa shape index (κ1) is 22.3. The number of carbonyl (C=O) groups is 1. The molecule has 0 saturated heterocycles. The van der Waals surface area contributed by atoms with Crippen LogP contribution in [0.25, 0.3) is 5.78 Å². The monoisotopic (exact) mass is 444 g/mol. The number of nitrogens with one attached hydrogen (secondary N) is 3. The standard InChI is InChI=1S/C25H28N6O2/c1-15-8-10-19(11-9-15)14-26-24-29-25-27-18(4)20(23(33)31(25)30-24)12-13-22(32)28-21-7-5-6-16(2)17(21)3/h5-11H,12-14H2,1-4H3,(H,28,32)(H2,26,27,29,30). The number of aromatic nitrogens is 4.